The van der Waals surface area contributed by atoms with Gasteiger partial charge in [0.05, 0.1) is 7.11 Å². The first kappa shape index (κ1) is 31.0. The standard InChI is InChI=1S/C26H31F3N8O4S/c1-13(2)21(38)35-24(31)42-25(32)37-10-8-36(9-11-37)23(39)20-17(12-30)41-22(34-20)15-4-6-16(40-3)19-14(15)5-7-18(33-19)26(27,28)29/h4-7,13,17,20,32H,8-12,30H2,1-3H3,(H2,31,35,38). The number of fused-ring (bicyclic) bond motifs is 1. The first-order valence-electron chi connectivity index (χ1n) is 13.0. The van der Waals surface area contributed by atoms with Crippen molar-refractivity contribution < 1.29 is 32.2 Å². The molecule has 0 aliphatic carbocycles. The number of nitrogens with zero attached hydrogens (tertiary/aromatic N) is 4. The lowest BCUT2D eigenvalue weighted by molar-refractivity contribution is -0.141. The molecule has 226 valence electrons. The van der Waals surface area contributed by atoms with Gasteiger partial charge in [0.2, 0.25) is 11.8 Å². The highest BCUT2D eigenvalue weighted by atomic mass is 32.2. The molecule has 2 aromatic rings. The average molecular weight is 609 g/mol. The van der Waals surface area contributed by atoms with Gasteiger partial charge in [0.15, 0.2) is 16.4 Å². The normalized spacial score (nSPS) is 19.0. The van der Waals surface area contributed by atoms with E-state index in [-0.39, 0.29) is 64.9 Å². The smallest absolute Gasteiger partial charge is 0.433 e. The molecule has 0 bridgehead atoms. The molecule has 1 aromatic heterocycles. The Balaban J connectivity index is 1.47. The van der Waals surface area contributed by atoms with Crippen LogP contribution in [0.5, 0.6) is 5.75 Å². The van der Waals surface area contributed by atoms with Crippen molar-refractivity contribution in [1.29, 1.82) is 10.8 Å². The maximum absolute atomic E-state index is 13.5. The van der Waals surface area contributed by atoms with Crippen LogP contribution in [0.2, 0.25) is 0 Å². The van der Waals surface area contributed by atoms with Crippen molar-refractivity contribution in [2.75, 3.05) is 39.8 Å². The number of pyridine rings is 1. The molecular formula is C26H31F3N8O4S. The van der Waals surface area contributed by atoms with Crippen LogP contribution in [0, 0.1) is 16.7 Å². The number of nitrogens with two attached hydrogens (primary N) is 1. The summed E-state index contributed by atoms with van der Waals surface area (Å²) in [4.78, 5) is 36.8. The van der Waals surface area contributed by atoms with Gasteiger partial charge in [-0.2, -0.15) is 13.2 Å². The fourth-order valence-corrected chi connectivity index (χ4v) is 5.09. The topological polar surface area (TPSA) is 170 Å². The molecule has 2 aliphatic rings. The maximum atomic E-state index is 13.5. The van der Waals surface area contributed by atoms with E-state index in [0.717, 1.165) is 17.8 Å². The monoisotopic (exact) mass is 608 g/mol. The number of hydrogen-bond donors (Lipinski definition) is 4. The van der Waals surface area contributed by atoms with Gasteiger partial charge < -0.3 is 30.3 Å². The number of aliphatic imine (C=N–C) groups is 1. The fraction of sp³-hybridized carbons (Fsp3) is 0.462. The second-order valence-corrected chi connectivity index (χ2v) is 10.9. The largest absolute Gasteiger partial charge is 0.494 e. The van der Waals surface area contributed by atoms with Crippen molar-refractivity contribution in [3.8, 4) is 5.75 Å². The highest BCUT2D eigenvalue weighted by molar-refractivity contribution is 8.26. The van der Waals surface area contributed by atoms with Gasteiger partial charge in [0.1, 0.15) is 23.1 Å². The van der Waals surface area contributed by atoms with Crippen LogP contribution in [-0.2, 0) is 20.5 Å². The molecule has 5 N–H and O–H groups in total. The third kappa shape index (κ3) is 6.59. The van der Waals surface area contributed by atoms with Crippen molar-refractivity contribution in [1.82, 2.24) is 20.1 Å². The lowest BCUT2D eigenvalue weighted by Crippen LogP contribution is -2.54. The Morgan fingerprint density at radius 2 is 1.83 bits per heavy atom. The number of ether oxygens (including phenoxy) is 2. The summed E-state index contributed by atoms with van der Waals surface area (Å²) in [5, 5.41) is 18.9. The van der Waals surface area contributed by atoms with Crippen LogP contribution in [0.3, 0.4) is 0 Å². The lowest BCUT2D eigenvalue weighted by atomic mass is 10.1. The summed E-state index contributed by atoms with van der Waals surface area (Å²) >= 11 is 0.817. The van der Waals surface area contributed by atoms with Crippen molar-refractivity contribution in [3.05, 3.63) is 35.5 Å². The Kier molecular flexibility index (Phi) is 9.25. The van der Waals surface area contributed by atoms with Gasteiger partial charge in [-0.3, -0.25) is 20.4 Å². The molecule has 0 saturated carbocycles. The second-order valence-electron chi connectivity index (χ2n) is 9.87. The molecule has 2 unspecified atom stereocenters. The molecule has 1 aromatic carbocycles. The van der Waals surface area contributed by atoms with Gasteiger partial charge in [-0.1, -0.05) is 13.8 Å². The van der Waals surface area contributed by atoms with Crippen LogP contribution in [0.25, 0.3) is 10.9 Å². The van der Waals surface area contributed by atoms with Crippen LogP contribution < -0.4 is 15.8 Å². The summed E-state index contributed by atoms with van der Waals surface area (Å²) in [7, 11) is 1.33. The van der Waals surface area contributed by atoms with Crippen molar-refractivity contribution >= 4 is 50.7 Å². The van der Waals surface area contributed by atoms with E-state index in [1.807, 2.05) is 0 Å². The van der Waals surface area contributed by atoms with E-state index >= 15 is 0 Å². The van der Waals surface area contributed by atoms with Gasteiger partial charge in [-0.25, -0.2) is 9.98 Å². The summed E-state index contributed by atoms with van der Waals surface area (Å²) in [5.74, 6) is -0.727. The summed E-state index contributed by atoms with van der Waals surface area (Å²) < 4.78 is 51.1. The van der Waals surface area contributed by atoms with E-state index in [1.54, 1.807) is 29.7 Å². The van der Waals surface area contributed by atoms with Crippen molar-refractivity contribution in [2.24, 2.45) is 16.6 Å². The summed E-state index contributed by atoms with van der Waals surface area (Å²) in [6, 6.07) is 4.20. The van der Waals surface area contributed by atoms with Gasteiger partial charge in [-0.15, -0.1) is 0 Å². The number of carbonyl (C=O) groups excluding carboxylic acids is 2. The van der Waals surface area contributed by atoms with E-state index in [4.69, 9.17) is 26.0 Å². The number of alkyl halides is 3. The Morgan fingerprint density at radius 3 is 2.43 bits per heavy atom. The van der Waals surface area contributed by atoms with E-state index < -0.39 is 24.0 Å². The van der Waals surface area contributed by atoms with Crippen LogP contribution in [0.15, 0.2) is 29.3 Å². The molecule has 2 atom stereocenters. The predicted molar refractivity (Wildman–Crippen MR) is 152 cm³/mol. The SMILES string of the molecule is COc1ccc(C2=NC(C(=O)N3CCN(C(=N)SC(=N)NC(=O)C(C)C)CC3)C(CN)O2)c2ccc(C(F)(F)F)nc12. The molecule has 2 amide bonds. The molecule has 2 aliphatic heterocycles. The lowest BCUT2D eigenvalue weighted by Gasteiger charge is -2.36. The number of methoxy groups -OCH3 is 1. The first-order valence-corrected chi connectivity index (χ1v) is 13.8. The molecule has 12 nitrogen and oxygen atoms in total. The maximum Gasteiger partial charge on any atom is 0.433 e. The van der Waals surface area contributed by atoms with Gasteiger partial charge >= 0.3 is 6.18 Å². The van der Waals surface area contributed by atoms with Gasteiger partial charge in [-0.05, 0) is 36.0 Å². The zero-order valence-corrected chi connectivity index (χ0v) is 23.9. The average Bonchev–Trinajstić information content (AvgIpc) is 3.39. The quantitative estimate of drug-likeness (QED) is 0.296. The zero-order valence-electron chi connectivity index (χ0n) is 23.1. The van der Waals surface area contributed by atoms with Gasteiger partial charge in [0.25, 0.3) is 5.91 Å². The van der Waals surface area contributed by atoms with Crippen LogP contribution >= 0.6 is 11.8 Å². The number of hydrogen-bond acceptors (Lipinski definition) is 10. The molecule has 1 fully saturated rings. The number of amides is 2. The summed E-state index contributed by atoms with van der Waals surface area (Å²) in [6.07, 6.45) is -5.44. The number of piperazine rings is 1. The highest BCUT2D eigenvalue weighted by Crippen LogP contribution is 2.34. The number of halogens is 3. The van der Waals surface area contributed by atoms with E-state index in [1.165, 1.54) is 19.2 Å². The molecule has 42 heavy (non-hydrogen) atoms. The molecule has 0 spiro atoms. The number of thioether (sulfide) groups is 1. The Hall–Kier alpha value is -3.92. The third-order valence-electron chi connectivity index (χ3n) is 6.76. The highest BCUT2D eigenvalue weighted by Gasteiger charge is 2.40. The summed E-state index contributed by atoms with van der Waals surface area (Å²) in [5.41, 5.74) is 5.16. The third-order valence-corrected chi connectivity index (χ3v) is 7.51. The first-order chi connectivity index (χ1) is 19.8. The number of rotatable bonds is 5. The number of benzene rings is 1. The molecule has 3 heterocycles. The number of nitrogens with one attached hydrogen (secondary N) is 3. The molecule has 4 rings (SSSR count). The molecule has 16 heteroatoms. The molecular weight excluding hydrogens is 577 g/mol. The second kappa shape index (κ2) is 12.5. The van der Waals surface area contributed by atoms with E-state index in [9.17, 15) is 22.8 Å². The van der Waals surface area contributed by atoms with Crippen LogP contribution in [0.4, 0.5) is 13.2 Å². The summed E-state index contributed by atoms with van der Waals surface area (Å²) in [6.45, 7) is 4.60. The van der Waals surface area contributed by atoms with E-state index in [2.05, 4.69) is 15.3 Å². The zero-order chi connectivity index (χ0) is 30.8. The minimum Gasteiger partial charge on any atom is -0.494 e. The predicted octanol–water partition coefficient (Wildman–Crippen LogP) is 2.25. The number of carbonyl (C=O) groups is 2. The minimum atomic E-state index is -4.65. The number of aromatic nitrogens is 1. The Labute approximate surface area is 243 Å². The van der Waals surface area contributed by atoms with Gasteiger partial charge in [0, 0.05) is 49.6 Å². The Bertz CT molecular complexity index is 1430. The Morgan fingerprint density at radius 1 is 1.17 bits per heavy atom. The number of amidine groups is 2. The van der Waals surface area contributed by atoms with Crippen LogP contribution in [0.1, 0.15) is 25.1 Å². The fourth-order valence-electron chi connectivity index (χ4n) is 4.43. The van der Waals surface area contributed by atoms with Crippen molar-refractivity contribution in [3.63, 3.8) is 0 Å². The minimum absolute atomic E-state index is 0.0245. The molecule has 1 saturated heterocycles. The van der Waals surface area contributed by atoms with Crippen LogP contribution in [-0.4, -0.2) is 94.8 Å². The van der Waals surface area contributed by atoms with E-state index in [0.29, 0.717) is 24.0 Å². The van der Waals surface area contributed by atoms with Crippen molar-refractivity contribution in [2.45, 2.75) is 32.2 Å². The molecule has 0 radical (unpaired) electrons.